The summed E-state index contributed by atoms with van der Waals surface area (Å²) in [5.74, 6) is -0.891. The number of imide groups is 1. The van der Waals surface area contributed by atoms with Crippen molar-refractivity contribution in [3.05, 3.63) is 88.2 Å². The molecule has 0 bridgehead atoms. The quantitative estimate of drug-likeness (QED) is 0.674. The molecule has 0 aliphatic carbocycles. The number of nitrogens with zero attached hydrogens (tertiary/aromatic N) is 3. The number of carbonyl (C=O) groups is 3. The molecule has 134 valence electrons. The number of benzene rings is 2. The molecule has 6 heteroatoms. The number of fused-ring (bicyclic) bond motifs is 1. The van der Waals surface area contributed by atoms with Crippen molar-refractivity contribution in [1.29, 1.82) is 0 Å². The van der Waals surface area contributed by atoms with E-state index in [9.17, 15) is 14.4 Å². The van der Waals surface area contributed by atoms with Crippen LogP contribution in [0.4, 0.5) is 0 Å². The van der Waals surface area contributed by atoms with Gasteiger partial charge >= 0.3 is 0 Å². The Morgan fingerprint density at radius 3 is 2.04 bits per heavy atom. The lowest BCUT2D eigenvalue weighted by atomic mass is 10.1. The zero-order valence-corrected chi connectivity index (χ0v) is 15.0. The Bertz CT molecular complexity index is 1050. The van der Waals surface area contributed by atoms with Crippen molar-refractivity contribution in [2.45, 2.75) is 20.4 Å². The predicted molar refractivity (Wildman–Crippen MR) is 98.5 cm³/mol. The molecule has 2 aromatic carbocycles. The molecule has 27 heavy (non-hydrogen) atoms. The maximum Gasteiger partial charge on any atom is 0.278 e. The van der Waals surface area contributed by atoms with Crippen LogP contribution in [0.3, 0.4) is 0 Å². The highest BCUT2D eigenvalue weighted by Crippen LogP contribution is 2.26. The summed E-state index contributed by atoms with van der Waals surface area (Å²) in [6, 6.07) is 15.6. The highest BCUT2D eigenvalue weighted by molar-refractivity contribution is 6.21. The van der Waals surface area contributed by atoms with Crippen molar-refractivity contribution in [1.82, 2.24) is 14.7 Å². The van der Waals surface area contributed by atoms with E-state index >= 15 is 0 Å². The molecule has 0 atom stereocenters. The monoisotopic (exact) mass is 359 g/mol. The second-order valence-electron chi connectivity index (χ2n) is 6.47. The van der Waals surface area contributed by atoms with Gasteiger partial charge in [0.2, 0.25) is 0 Å². The van der Waals surface area contributed by atoms with Crippen LogP contribution >= 0.6 is 0 Å². The zero-order valence-electron chi connectivity index (χ0n) is 15.0. The summed E-state index contributed by atoms with van der Waals surface area (Å²) in [5.41, 5.74) is 3.28. The molecule has 0 saturated heterocycles. The van der Waals surface area contributed by atoms with Gasteiger partial charge in [0.15, 0.2) is 0 Å². The Morgan fingerprint density at radius 2 is 1.44 bits per heavy atom. The van der Waals surface area contributed by atoms with E-state index in [4.69, 9.17) is 0 Å². The van der Waals surface area contributed by atoms with Crippen LogP contribution < -0.4 is 0 Å². The first-order valence-corrected chi connectivity index (χ1v) is 8.59. The molecule has 0 N–H and O–H groups in total. The number of hydrogen-bond donors (Lipinski definition) is 0. The van der Waals surface area contributed by atoms with Gasteiger partial charge in [0.05, 0.1) is 23.4 Å². The summed E-state index contributed by atoms with van der Waals surface area (Å²) >= 11 is 0. The third kappa shape index (κ3) is 2.66. The fraction of sp³-hybridized carbons (Fsp3) is 0.143. The minimum atomic E-state index is -0.323. The molecular formula is C21H17N3O3. The van der Waals surface area contributed by atoms with Gasteiger partial charge in [-0.1, -0.05) is 30.3 Å². The van der Waals surface area contributed by atoms with Crippen molar-refractivity contribution in [2.75, 3.05) is 0 Å². The number of rotatable bonds is 3. The van der Waals surface area contributed by atoms with Gasteiger partial charge in [0, 0.05) is 16.8 Å². The molecule has 0 spiro atoms. The lowest BCUT2D eigenvalue weighted by molar-refractivity contribution is 0.0642. The molecule has 2 amide bonds. The third-order valence-corrected chi connectivity index (χ3v) is 4.85. The van der Waals surface area contributed by atoms with Crippen LogP contribution in [0, 0.1) is 13.8 Å². The largest absolute Gasteiger partial charge is 0.278 e. The van der Waals surface area contributed by atoms with E-state index in [2.05, 4.69) is 5.10 Å². The smallest absolute Gasteiger partial charge is 0.270 e. The lowest BCUT2D eigenvalue weighted by Crippen LogP contribution is -2.29. The normalized spacial score (nSPS) is 13.2. The topological polar surface area (TPSA) is 72.3 Å². The van der Waals surface area contributed by atoms with Gasteiger partial charge in [-0.15, -0.1) is 0 Å². The fourth-order valence-electron chi connectivity index (χ4n) is 3.35. The molecule has 4 rings (SSSR count). The molecule has 0 fully saturated rings. The Labute approximate surface area is 156 Å². The van der Waals surface area contributed by atoms with E-state index in [1.54, 1.807) is 62.4 Å². The van der Waals surface area contributed by atoms with Crippen molar-refractivity contribution >= 4 is 17.7 Å². The molecule has 1 aliphatic heterocycles. The van der Waals surface area contributed by atoms with Crippen LogP contribution in [0.15, 0.2) is 54.6 Å². The van der Waals surface area contributed by atoms with E-state index in [1.807, 2.05) is 6.07 Å². The zero-order chi connectivity index (χ0) is 19.1. The SMILES string of the molecule is Cc1nn(C(=O)c2ccccc2)c(C)c1CN1C(=O)c2ccccc2C1=O. The Morgan fingerprint density at radius 1 is 0.889 bits per heavy atom. The van der Waals surface area contributed by atoms with Gasteiger partial charge < -0.3 is 0 Å². The van der Waals surface area contributed by atoms with Crippen LogP contribution in [0.2, 0.25) is 0 Å². The van der Waals surface area contributed by atoms with Crippen molar-refractivity contribution in [3.63, 3.8) is 0 Å². The van der Waals surface area contributed by atoms with E-state index in [0.29, 0.717) is 33.6 Å². The molecule has 1 aliphatic rings. The van der Waals surface area contributed by atoms with Crippen LogP contribution in [0.5, 0.6) is 0 Å². The van der Waals surface area contributed by atoms with E-state index in [0.717, 1.165) is 0 Å². The lowest BCUT2D eigenvalue weighted by Gasteiger charge is -2.14. The molecule has 3 aromatic rings. The van der Waals surface area contributed by atoms with Crippen LogP contribution in [0.1, 0.15) is 48.0 Å². The minimum absolute atomic E-state index is 0.0894. The minimum Gasteiger partial charge on any atom is -0.270 e. The summed E-state index contributed by atoms with van der Waals surface area (Å²) in [4.78, 5) is 39.2. The second-order valence-corrected chi connectivity index (χ2v) is 6.47. The van der Waals surface area contributed by atoms with Crippen LogP contribution in [-0.2, 0) is 6.54 Å². The number of amides is 2. The molecule has 2 heterocycles. The molecule has 0 unspecified atom stereocenters. The number of aromatic nitrogens is 2. The van der Waals surface area contributed by atoms with Gasteiger partial charge in [-0.3, -0.25) is 19.3 Å². The average Bonchev–Trinajstić information content (AvgIpc) is 3.11. The van der Waals surface area contributed by atoms with Gasteiger partial charge in [0.1, 0.15) is 0 Å². The van der Waals surface area contributed by atoms with Gasteiger partial charge in [-0.2, -0.15) is 5.10 Å². The van der Waals surface area contributed by atoms with Crippen LogP contribution in [-0.4, -0.2) is 32.4 Å². The summed E-state index contributed by atoms with van der Waals surface area (Å²) in [7, 11) is 0. The maximum atomic E-state index is 12.7. The van der Waals surface area contributed by atoms with E-state index in [-0.39, 0.29) is 24.3 Å². The van der Waals surface area contributed by atoms with E-state index in [1.165, 1.54) is 9.58 Å². The van der Waals surface area contributed by atoms with Gasteiger partial charge in [0.25, 0.3) is 17.7 Å². The number of hydrogen-bond acceptors (Lipinski definition) is 4. The Kier molecular flexibility index (Phi) is 3.96. The Balaban J connectivity index is 1.67. The summed E-state index contributed by atoms with van der Waals surface area (Å²) in [5, 5.41) is 4.35. The van der Waals surface area contributed by atoms with E-state index < -0.39 is 0 Å². The summed E-state index contributed by atoms with van der Waals surface area (Å²) < 4.78 is 1.33. The standard InChI is InChI=1S/C21H17N3O3/c1-13-18(12-23-20(26)16-10-6-7-11-17(16)21(23)27)14(2)24(22-13)19(25)15-8-4-3-5-9-15/h3-11H,12H2,1-2H3. The number of carbonyl (C=O) groups excluding carboxylic acids is 3. The first-order chi connectivity index (χ1) is 13.0. The molecule has 6 nitrogen and oxygen atoms in total. The van der Waals surface area contributed by atoms with Gasteiger partial charge in [-0.05, 0) is 38.1 Å². The van der Waals surface area contributed by atoms with Crippen LogP contribution in [0.25, 0.3) is 0 Å². The highest BCUT2D eigenvalue weighted by atomic mass is 16.2. The second kappa shape index (κ2) is 6.32. The highest BCUT2D eigenvalue weighted by Gasteiger charge is 2.36. The predicted octanol–water partition coefficient (Wildman–Crippen LogP) is 2.98. The third-order valence-electron chi connectivity index (χ3n) is 4.85. The van der Waals surface area contributed by atoms with Crippen molar-refractivity contribution in [2.24, 2.45) is 0 Å². The fourth-order valence-corrected chi connectivity index (χ4v) is 3.35. The first kappa shape index (κ1) is 16.9. The first-order valence-electron chi connectivity index (χ1n) is 8.59. The van der Waals surface area contributed by atoms with Crippen molar-refractivity contribution in [3.8, 4) is 0 Å². The van der Waals surface area contributed by atoms with Crippen molar-refractivity contribution < 1.29 is 14.4 Å². The van der Waals surface area contributed by atoms with Gasteiger partial charge in [-0.25, -0.2) is 4.68 Å². The molecule has 0 radical (unpaired) electrons. The molecule has 0 saturated carbocycles. The maximum absolute atomic E-state index is 12.7. The summed E-state index contributed by atoms with van der Waals surface area (Å²) in [6.07, 6.45) is 0. The summed E-state index contributed by atoms with van der Waals surface area (Å²) in [6.45, 7) is 3.63. The number of aryl methyl sites for hydroxylation is 1. The average molecular weight is 359 g/mol. The molecular weight excluding hydrogens is 342 g/mol. The Hall–Kier alpha value is -3.54. The molecule has 1 aromatic heterocycles.